The van der Waals surface area contributed by atoms with E-state index >= 15 is 0 Å². The lowest BCUT2D eigenvalue weighted by Crippen LogP contribution is -2.35. The first-order valence-corrected chi connectivity index (χ1v) is 12.0. The van der Waals surface area contributed by atoms with Crippen LogP contribution in [0.4, 0.5) is 10.1 Å². The summed E-state index contributed by atoms with van der Waals surface area (Å²) >= 11 is 0. The van der Waals surface area contributed by atoms with Crippen LogP contribution >= 0.6 is 0 Å². The van der Waals surface area contributed by atoms with Crippen molar-refractivity contribution in [3.05, 3.63) is 89.8 Å². The van der Waals surface area contributed by atoms with E-state index in [4.69, 9.17) is 9.90 Å². The highest BCUT2D eigenvalue weighted by atomic mass is 19.1. The largest absolute Gasteiger partial charge is 0.350 e. The Labute approximate surface area is 206 Å². The number of fused-ring (bicyclic) bond motifs is 1. The lowest BCUT2D eigenvalue weighted by molar-refractivity contribution is -0.0979. The zero-order chi connectivity index (χ0) is 25.0. The van der Waals surface area contributed by atoms with E-state index in [9.17, 15) is 4.39 Å². The minimum absolute atomic E-state index is 0.00542. The van der Waals surface area contributed by atoms with Gasteiger partial charge in [-0.1, -0.05) is 45.1 Å². The number of hydrogen-bond donors (Lipinski definition) is 0. The fourth-order valence-electron chi connectivity index (χ4n) is 4.98. The summed E-state index contributed by atoms with van der Waals surface area (Å²) in [5.74, 6) is -0.240. The van der Waals surface area contributed by atoms with Crippen molar-refractivity contribution in [2.75, 3.05) is 18.1 Å². The van der Waals surface area contributed by atoms with Crippen LogP contribution in [-0.4, -0.2) is 40.3 Å². The maximum atomic E-state index is 14.4. The Bertz CT molecular complexity index is 1220. The Morgan fingerprint density at radius 2 is 1.94 bits per heavy atom. The molecular formula is C28H32FN5O. The molecule has 0 amide bonds. The van der Waals surface area contributed by atoms with E-state index in [-0.39, 0.29) is 11.2 Å². The van der Waals surface area contributed by atoms with Crippen molar-refractivity contribution in [1.29, 1.82) is 0 Å². The summed E-state index contributed by atoms with van der Waals surface area (Å²) in [7, 11) is 0. The highest BCUT2D eigenvalue weighted by molar-refractivity contribution is 6.16. The third kappa shape index (κ3) is 4.76. The molecule has 0 saturated heterocycles. The second kappa shape index (κ2) is 10.3. The molecule has 35 heavy (non-hydrogen) atoms. The van der Waals surface area contributed by atoms with Gasteiger partial charge in [0, 0.05) is 41.8 Å². The van der Waals surface area contributed by atoms with Crippen molar-refractivity contribution in [2.24, 2.45) is 10.5 Å². The van der Waals surface area contributed by atoms with Crippen LogP contribution in [0.25, 0.3) is 5.70 Å². The third-order valence-electron chi connectivity index (χ3n) is 6.69. The van der Waals surface area contributed by atoms with E-state index in [0.29, 0.717) is 12.2 Å². The van der Waals surface area contributed by atoms with Crippen molar-refractivity contribution in [3.63, 3.8) is 0 Å². The molecule has 3 heterocycles. The van der Waals surface area contributed by atoms with Gasteiger partial charge in [0.15, 0.2) is 0 Å². The molecule has 0 bridgehead atoms. The topological polar surface area (TPSA) is 53.7 Å². The Kier molecular flexibility index (Phi) is 7.15. The highest BCUT2D eigenvalue weighted by Crippen LogP contribution is 2.38. The molecule has 0 N–H and O–H groups in total. The molecule has 0 spiro atoms. The molecule has 6 nitrogen and oxygen atoms in total. The van der Waals surface area contributed by atoms with Crippen LogP contribution in [0.3, 0.4) is 0 Å². The third-order valence-corrected chi connectivity index (χ3v) is 6.69. The number of aromatic nitrogens is 2. The summed E-state index contributed by atoms with van der Waals surface area (Å²) in [5, 5.41) is 11.0. The molecule has 2 aliphatic heterocycles. The lowest BCUT2D eigenvalue weighted by Gasteiger charge is -2.38. The number of para-hydroxylation sites is 1. The van der Waals surface area contributed by atoms with Crippen LogP contribution in [0, 0.1) is 11.2 Å². The molecule has 1 atom stereocenters. The van der Waals surface area contributed by atoms with Crippen LogP contribution in [0.15, 0.2) is 89.1 Å². The van der Waals surface area contributed by atoms with Gasteiger partial charge in [0.2, 0.25) is 0 Å². The zero-order valence-electron chi connectivity index (χ0n) is 20.6. The maximum absolute atomic E-state index is 14.4. The molecule has 0 fully saturated rings. The molecular weight excluding hydrogens is 441 g/mol. The molecule has 2 aromatic rings. The first kappa shape index (κ1) is 24.4. The highest BCUT2D eigenvalue weighted by Gasteiger charge is 2.34. The molecule has 7 heteroatoms. The first-order chi connectivity index (χ1) is 17.0. The van der Waals surface area contributed by atoms with Crippen molar-refractivity contribution in [2.45, 2.75) is 40.0 Å². The average molecular weight is 474 g/mol. The van der Waals surface area contributed by atoms with E-state index in [1.54, 1.807) is 23.3 Å². The Balaban J connectivity index is 0.00000141. The summed E-state index contributed by atoms with van der Waals surface area (Å²) < 4.78 is 16.3. The minimum atomic E-state index is -0.240. The summed E-state index contributed by atoms with van der Waals surface area (Å²) in [4.78, 5) is 10.4. The van der Waals surface area contributed by atoms with Gasteiger partial charge in [-0.25, -0.2) is 9.07 Å². The van der Waals surface area contributed by atoms with E-state index in [0.717, 1.165) is 42.8 Å². The normalized spacial score (nSPS) is 21.2. The van der Waals surface area contributed by atoms with Gasteiger partial charge in [-0.2, -0.15) is 10.2 Å². The summed E-state index contributed by atoms with van der Waals surface area (Å²) in [6.07, 6.45) is 15.5. The number of carbonyl (C=O) groups is 1. The van der Waals surface area contributed by atoms with Crippen molar-refractivity contribution in [3.8, 4) is 0 Å². The first-order valence-electron chi connectivity index (χ1n) is 12.0. The second-order valence-electron chi connectivity index (χ2n) is 9.14. The number of halogens is 1. The van der Waals surface area contributed by atoms with Gasteiger partial charge in [0.1, 0.15) is 12.6 Å². The second-order valence-corrected chi connectivity index (χ2v) is 9.14. The predicted octanol–water partition coefficient (Wildman–Crippen LogP) is 5.79. The number of carbonyl (C=O) groups excluding carboxylic acids is 1. The van der Waals surface area contributed by atoms with E-state index in [2.05, 4.69) is 55.2 Å². The molecule has 0 radical (unpaired) electrons. The van der Waals surface area contributed by atoms with Crippen molar-refractivity contribution >= 4 is 23.9 Å². The van der Waals surface area contributed by atoms with Crippen LogP contribution in [0.2, 0.25) is 0 Å². The van der Waals surface area contributed by atoms with Gasteiger partial charge in [-0.3, -0.25) is 5.01 Å². The number of hydrazone groups is 1. The van der Waals surface area contributed by atoms with Gasteiger partial charge < -0.3 is 9.69 Å². The molecule has 1 aromatic heterocycles. The summed E-state index contributed by atoms with van der Waals surface area (Å²) in [6, 6.07) is 8.80. The quantitative estimate of drug-likeness (QED) is 0.533. The molecule has 5 rings (SSSR count). The SMILES string of the molecule is C=O.CCC1=C(CC)N(CC2(C)C=CC(n3cccn3)=CC2)C=C2CN(c3ccccc3F)N=C21. The standard InChI is InChI=1S/C27H30FN5.CH2O/c1-4-22-24(5-2)31(19-27(3)13-11-21(12-14-27)32-16-8-15-29-32)17-20-18-33(30-26(20)22)25-10-7-6-9-23(25)28;1-2/h6-13,15-17H,4-5,14,18-19H2,1-3H3;1H2. The summed E-state index contributed by atoms with van der Waals surface area (Å²) in [5.41, 5.74) is 6.39. The maximum Gasteiger partial charge on any atom is 0.148 e. The number of allylic oxidation sites excluding steroid dienone is 5. The van der Waals surface area contributed by atoms with Gasteiger partial charge in [-0.05, 0) is 49.1 Å². The van der Waals surface area contributed by atoms with E-state index in [1.165, 1.54) is 17.3 Å². The number of benzene rings is 1. The monoisotopic (exact) mass is 473 g/mol. The zero-order valence-corrected chi connectivity index (χ0v) is 20.6. The Morgan fingerprint density at radius 3 is 2.57 bits per heavy atom. The van der Waals surface area contributed by atoms with Crippen LogP contribution < -0.4 is 5.01 Å². The smallest absolute Gasteiger partial charge is 0.148 e. The number of hydrogen-bond acceptors (Lipinski definition) is 5. The predicted molar refractivity (Wildman–Crippen MR) is 139 cm³/mol. The molecule has 1 aliphatic carbocycles. The Hall–Kier alpha value is -3.74. The van der Waals surface area contributed by atoms with Crippen molar-refractivity contribution < 1.29 is 9.18 Å². The summed E-state index contributed by atoms with van der Waals surface area (Å²) in [6.45, 7) is 10.2. The van der Waals surface area contributed by atoms with Gasteiger partial charge in [0.25, 0.3) is 0 Å². The van der Waals surface area contributed by atoms with Crippen LogP contribution in [0.1, 0.15) is 40.0 Å². The van der Waals surface area contributed by atoms with E-state index < -0.39 is 0 Å². The fourth-order valence-corrected chi connectivity index (χ4v) is 4.98. The molecule has 182 valence electrons. The number of nitrogens with zero attached hydrogens (tertiary/aromatic N) is 5. The number of anilines is 1. The molecule has 3 aliphatic rings. The van der Waals surface area contributed by atoms with Crippen molar-refractivity contribution in [1.82, 2.24) is 14.7 Å². The lowest BCUT2D eigenvalue weighted by atomic mass is 9.81. The fraction of sp³-hybridized carbons (Fsp3) is 0.321. The van der Waals surface area contributed by atoms with Gasteiger partial charge >= 0.3 is 0 Å². The molecule has 1 unspecified atom stereocenters. The number of rotatable bonds is 6. The average Bonchev–Trinajstić information content (AvgIpc) is 3.55. The molecule has 0 saturated carbocycles. The molecule has 1 aromatic carbocycles. The van der Waals surface area contributed by atoms with Gasteiger partial charge in [-0.15, -0.1) is 0 Å². The van der Waals surface area contributed by atoms with Crippen LogP contribution in [-0.2, 0) is 4.79 Å². The minimum Gasteiger partial charge on any atom is -0.350 e. The van der Waals surface area contributed by atoms with Crippen LogP contribution in [0.5, 0.6) is 0 Å². The van der Waals surface area contributed by atoms with Gasteiger partial charge in [0.05, 0.1) is 23.6 Å². The van der Waals surface area contributed by atoms with E-state index in [1.807, 2.05) is 29.8 Å². The Morgan fingerprint density at radius 1 is 1.14 bits per heavy atom.